The highest BCUT2D eigenvalue weighted by atomic mass is 31.3. The van der Waals surface area contributed by atoms with E-state index in [4.69, 9.17) is 4.76 Å². The lowest BCUT2D eigenvalue weighted by Gasteiger charge is -2.48. The van der Waals surface area contributed by atoms with Crippen LogP contribution in [-0.4, -0.2) is 48.0 Å². The van der Waals surface area contributed by atoms with Gasteiger partial charge in [-0.1, -0.05) is 37.3 Å². The smallest absolute Gasteiger partial charge is 0.268 e. The fourth-order valence-electron chi connectivity index (χ4n) is 2.23. The average Bonchev–Trinajstić information content (AvgIpc) is 2.55. The predicted molar refractivity (Wildman–Crippen MR) is 110 cm³/mol. The first-order valence-corrected chi connectivity index (χ1v) is 12.9. The molecule has 142 valence electrons. The van der Waals surface area contributed by atoms with Crippen LogP contribution in [0.5, 0.6) is 0 Å². The van der Waals surface area contributed by atoms with E-state index in [9.17, 15) is 0 Å². The van der Waals surface area contributed by atoms with Gasteiger partial charge in [-0.15, -0.1) is 9.64 Å². The summed E-state index contributed by atoms with van der Waals surface area (Å²) in [5.41, 5.74) is 7.07. The fraction of sp³-hybridized carbons (Fsp3) is 0.917. The van der Waals surface area contributed by atoms with Crippen LogP contribution in [-0.2, 0) is 0 Å². The van der Waals surface area contributed by atoms with Crippen molar-refractivity contribution in [1.29, 1.82) is 0 Å². The second-order valence-corrected chi connectivity index (χ2v) is 11.4. The zero-order valence-corrected chi connectivity index (χ0v) is 18.5. The SMILES string of the molecule is CC=N[P+]1(NCC)NP(NCC)N(NCC)P(NCC)N1NCC. The van der Waals surface area contributed by atoms with Gasteiger partial charge in [-0.05, 0) is 31.5 Å². The summed E-state index contributed by atoms with van der Waals surface area (Å²) < 4.78 is 9.48. The van der Waals surface area contributed by atoms with Crippen molar-refractivity contribution in [1.82, 2.24) is 40.1 Å². The average molecular weight is 398 g/mol. The van der Waals surface area contributed by atoms with Crippen molar-refractivity contribution in [3.63, 3.8) is 0 Å². The molecular formula is C12H35N9P3+. The molecule has 0 saturated carbocycles. The third-order valence-electron chi connectivity index (χ3n) is 2.92. The van der Waals surface area contributed by atoms with E-state index < -0.39 is 24.6 Å². The van der Waals surface area contributed by atoms with Crippen molar-refractivity contribution in [2.45, 2.75) is 41.5 Å². The lowest BCUT2D eigenvalue weighted by atomic mass is 10.8. The van der Waals surface area contributed by atoms with Crippen LogP contribution in [0.15, 0.2) is 4.76 Å². The largest absolute Gasteiger partial charge is 0.375 e. The molecule has 3 unspecified atom stereocenters. The quantitative estimate of drug-likeness (QED) is 0.233. The molecule has 0 aromatic heterocycles. The molecule has 1 aliphatic heterocycles. The minimum atomic E-state index is -2.11. The molecule has 12 heteroatoms. The molecule has 1 aliphatic rings. The van der Waals surface area contributed by atoms with E-state index in [1.807, 2.05) is 13.1 Å². The van der Waals surface area contributed by atoms with Crippen molar-refractivity contribution in [2.24, 2.45) is 4.76 Å². The van der Waals surface area contributed by atoms with Gasteiger partial charge < -0.3 is 0 Å². The van der Waals surface area contributed by atoms with E-state index in [1.54, 1.807) is 0 Å². The highest BCUT2D eigenvalue weighted by Crippen LogP contribution is 2.74. The van der Waals surface area contributed by atoms with Crippen LogP contribution in [0, 0.1) is 0 Å². The van der Waals surface area contributed by atoms with Crippen LogP contribution in [0.3, 0.4) is 0 Å². The Morgan fingerprint density at radius 2 is 1.62 bits per heavy atom. The van der Waals surface area contributed by atoms with Crippen LogP contribution in [0.2, 0.25) is 0 Å². The summed E-state index contributed by atoms with van der Waals surface area (Å²) in [4.78, 5) is 3.79. The number of hydrogen-bond acceptors (Lipinski definition) is 9. The van der Waals surface area contributed by atoms with E-state index in [0.29, 0.717) is 0 Å². The van der Waals surface area contributed by atoms with E-state index >= 15 is 0 Å². The topological polar surface area (TPSA) is 91.0 Å². The Kier molecular flexibility index (Phi) is 11.4. The molecule has 0 bridgehead atoms. The zero-order chi connectivity index (χ0) is 18.0. The number of nitrogens with zero attached hydrogens (tertiary/aromatic N) is 3. The molecule has 0 amide bonds. The van der Waals surface area contributed by atoms with Gasteiger partial charge in [0.2, 0.25) is 0 Å². The Morgan fingerprint density at radius 1 is 0.958 bits per heavy atom. The Labute approximate surface area is 150 Å². The molecule has 1 fully saturated rings. The molecule has 0 radical (unpaired) electrons. The van der Waals surface area contributed by atoms with Gasteiger partial charge in [0.1, 0.15) is 0 Å². The molecule has 0 aliphatic carbocycles. The monoisotopic (exact) mass is 398 g/mol. The summed E-state index contributed by atoms with van der Waals surface area (Å²) >= 11 is 0. The molecular weight excluding hydrogens is 363 g/mol. The third-order valence-corrected chi connectivity index (χ3v) is 11.9. The van der Waals surface area contributed by atoms with Gasteiger partial charge in [-0.25, -0.2) is 10.9 Å². The third kappa shape index (κ3) is 5.57. The van der Waals surface area contributed by atoms with Crippen LogP contribution in [0.1, 0.15) is 41.5 Å². The first-order chi connectivity index (χ1) is 11.6. The summed E-state index contributed by atoms with van der Waals surface area (Å²) in [7, 11) is -3.67. The highest BCUT2D eigenvalue weighted by Gasteiger charge is 2.59. The van der Waals surface area contributed by atoms with Gasteiger partial charge in [0, 0.05) is 25.8 Å². The number of hydrazine groups is 2. The summed E-state index contributed by atoms with van der Waals surface area (Å²) in [5, 5.41) is 10.9. The van der Waals surface area contributed by atoms with Gasteiger partial charge in [0.15, 0.2) is 16.7 Å². The van der Waals surface area contributed by atoms with Gasteiger partial charge in [0.25, 0.3) is 0 Å². The second kappa shape index (κ2) is 12.1. The van der Waals surface area contributed by atoms with Crippen molar-refractivity contribution in [2.75, 3.05) is 32.7 Å². The Bertz CT molecular complexity index is 376. The molecule has 0 aromatic rings. The molecule has 24 heavy (non-hydrogen) atoms. The van der Waals surface area contributed by atoms with E-state index in [-0.39, 0.29) is 0 Å². The van der Waals surface area contributed by atoms with E-state index in [1.165, 1.54) is 0 Å². The first kappa shape index (κ1) is 22.7. The Balaban J connectivity index is 3.30. The van der Waals surface area contributed by atoms with Crippen LogP contribution in [0.25, 0.3) is 0 Å². The molecule has 0 spiro atoms. The first-order valence-electron chi connectivity index (χ1n) is 8.70. The van der Waals surface area contributed by atoms with E-state index in [0.717, 1.165) is 32.7 Å². The maximum Gasteiger partial charge on any atom is 0.375 e. The predicted octanol–water partition coefficient (Wildman–Crippen LogP) is 2.29. The fourth-order valence-corrected chi connectivity index (χ4v) is 12.1. The van der Waals surface area contributed by atoms with Crippen LogP contribution >= 0.6 is 24.6 Å². The molecule has 1 rings (SSSR count). The Hall–Kier alpha value is 0.640. The second-order valence-electron chi connectivity index (χ2n) is 4.81. The van der Waals surface area contributed by atoms with Crippen LogP contribution < -0.4 is 31.0 Å². The molecule has 9 nitrogen and oxygen atoms in total. The zero-order valence-electron chi connectivity index (χ0n) is 15.8. The minimum Gasteiger partial charge on any atom is -0.268 e. The van der Waals surface area contributed by atoms with Gasteiger partial charge in [0.05, 0.1) is 0 Å². The van der Waals surface area contributed by atoms with Gasteiger partial charge >= 0.3 is 7.87 Å². The van der Waals surface area contributed by atoms with Crippen molar-refractivity contribution >= 4 is 30.8 Å². The van der Waals surface area contributed by atoms with Gasteiger partial charge in [-0.2, -0.15) is 0 Å². The number of hydrogen-bond donors (Lipinski definition) is 6. The lowest BCUT2D eigenvalue weighted by molar-refractivity contribution is 0.424. The Morgan fingerprint density at radius 3 is 2.12 bits per heavy atom. The lowest BCUT2D eigenvalue weighted by Crippen LogP contribution is -2.55. The standard InChI is InChI=1S/C12H35N9P3/c1-7-13-20-22(15-9-3)19-24(17-11-5,18-12-6)21(14-8-2)23(20)16-10-4/h11,13-16,18-19H,7-10,12H2,1-6H3/q+1. The van der Waals surface area contributed by atoms with Crippen LogP contribution in [0.4, 0.5) is 0 Å². The molecule has 6 N–H and O–H groups in total. The van der Waals surface area contributed by atoms with Crippen molar-refractivity contribution < 1.29 is 0 Å². The van der Waals surface area contributed by atoms with E-state index in [2.05, 4.69) is 74.7 Å². The van der Waals surface area contributed by atoms with Crippen molar-refractivity contribution in [3.8, 4) is 0 Å². The summed E-state index contributed by atoms with van der Waals surface area (Å²) in [6, 6.07) is 0. The molecule has 0 aromatic carbocycles. The molecule has 1 saturated heterocycles. The number of rotatable bonds is 11. The normalized spacial score (nSPS) is 29.6. The minimum absolute atomic E-state index is 0.760. The summed E-state index contributed by atoms with van der Waals surface area (Å²) in [6.07, 6.45) is 1.90. The molecule has 1 heterocycles. The number of nitrogens with one attached hydrogen (secondary N) is 6. The van der Waals surface area contributed by atoms with Gasteiger partial charge in [-0.3, -0.25) is 10.2 Å². The summed E-state index contributed by atoms with van der Waals surface area (Å²) in [5.74, 6) is 0. The maximum atomic E-state index is 4.89. The highest BCUT2D eigenvalue weighted by molar-refractivity contribution is 7.88. The maximum absolute atomic E-state index is 4.89. The van der Waals surface area contributed by atoms with Crippen molar-refractivity contribution in [3.05, 3.63) is 0 Å². The molecule has 3 atom stereocenters. The summed E-state index contributed by atoms with van der Waals surface area (Å²) in [6.45, 7) is 17.0.